The minimum absolute atomic E-state index is 0.0226. The number of carbonyl (C=O) groups is 1. The van der Waals surface area contributed by atoms with E-state index in [9.17, 15) is 4.79 Å². The van der Waals surface area contributed by atoms with Crippen LogP contribution in [0, 0.1) is 0 Å². The quantitative estimate of drug-likeness (QED) is 0.415. The van der Waals surface area contributed by atoms with E-state index in [0.717, 1.165) is 27.8 Å². The Kier molecular flexibility index (Phi) is 7.63. The molecule has 1 atom stereocenters. The van der Waals surface area contributed by atoms with Crippen LogP contribution >= 0.6 is 15.9 Å². The normalized spacial score (nSPS) is 11.9. The number of benzene rings is 2. The van der Waals surface area contributed by atoms with Gasteiger partial charge in [-0.25, -0.2) is 0 Å². The van der Waals surface area contributed by atoms with E-state index in [1.165, 1.54) is 0 Å². The van der Waals surface area contributed by atoms with Crippen molar-refractivity contribution in [3.63, 3.8) is 0 Å². The first-order valence-corrected chi connectivity index (χ1v) is 10.8. The lowest BCUT2D eigenvalue weighted by molar-refractivity contribution is -0.133. The number of halogens is 1. The van der Waals surface area contributed by atoms with Crippen molar-refractivity contribution in [3.8, 4) is 17.1 Å². The van der Waals surface area contributed by atoms with Gasteiger partial charge in [-0.15, -0.1) is 0 Å². The van der Waals surface area contributed by atoms with E-state index in [-0.39, 0.29) is 11.9 Å². The van der Waals surface area contributed by atoms with Gasteiger partial charge in [0.25, 0.3) is 0 Å². The number of nitrogens with zero attached hydrogens (tertiary/aromatic N) is 3. The molecule has 30 heavy (non-hydrogen) atoms. The molecular formula is C23H26BrN3O3. The Hall–Kier alpha value is -2.67. The summed E-state index contributed by atoms with van der Waals surface area (Å²) in [7, 11) is 1.62. The van der Waals surface area contributed by atoms with Crippen LogP contribution in [0.2, 0.25) is 0 Å². The fourth-order valence-corrected chi connectivity index (χ4v) is 3.94. The molecule has 0 aliphatic heterocycles. The van der Waals surface area contributed by atoms with E-state index in [4.69, 9.17) is 9.26 Å². The summed E-state index contributed by atoms with van der Waals surface area (Å²) in [4.78, 5) is 19.3. The number of aryl methyl sites for hydroxylation is 1. The topological polar surface area (TPSA) is 68.5 Å². The summed E-state index contributed by atoms with van der Waals surface area (Å²) in [5.41, 5.74) is 1.94. The van der Waals surface area contributed by atoms with Crippen molar-refractivity contribution < 1.29 is 14.1 Å². The van der Waals surface area contributed by atoms with Gasteiger partial charge >= 0.3 is 0 Å². The number of ether oxygens (including phenoxy) is 1. The molecule has 3 rings (SSSR count). The van der Waals surface area contributed by atoms with E-state index in [1.54, 1.807) is 7.11 Å². The lowest BCUT2D eigenvalue weighted by Gasteiger charge is -2.30. The van der Waals surface area contributed by atoms with Crippen LogP contribution in [0.25, 0.3) is 11.4 Å². The van der Waals surface area contributed by atoms with Crippen LogP contribution in [0.4, 0.5) is 0 Å². The number of methoxy groups -OCH3 is 1. The lowest BCUT2D eigenvalue weighted by Crippen LogP contribution is -2.34. The Morgan fingerprint density at radius 2 is 1.93 bits per heavy atom. The van der Waals surface area contributed by atoms with Crippen LogP contribution in [0.3, 0.4) is 0 Å². The second-order valence-electron chi connectivity index (χ2n) is 7.02. The molecular weight excluding hydrogens is 446 g/mol. The van der Waals surface area contributed by atoms with Crippen molar-refractivity contribution in [1.82, 2.24) is 15.0 Å². The van der Waals surface area contributed by atoms with E-state index in [2.05, 4.69) is 39.9 Å². The maximum absolute atomic E-state index is 13.0. The Labute approximate surface area is 185 Å². The van der Waals surface area contributed by atoms with Crippen LogP contribution in [0.1, 0.15) is 44.2 Å². The van der Waals surface area contributed by atoms with Gasteiger partial charge in [-0.1, -0.05) is 46.2 Å². The summed E-state index contributed by atoms with van der Waals surface area (Å²) in [6, 6.07) is 15.4. The van der Waals surface area contributed by atoms with Gasteiger partial charge in [0.2, 0.25) is 17.6 Å². The zero-order valence-electron chi connectivity index (χ0n) is 17.5. The molecule has 0 bridgehead atoms. The summed E-state index contributed by atoms with van der Waals surface area (Å²) in [5, 5.41) is 4.04. The zero-order chi connectivity index (χ0) is 21.5. The molecule has 1 heterocycles. The molecule has 0 radical (unpaired) electrons. The minimum atomic E-state index is -0.0226. The second kappa shape index (κ2) is 10.4. The van der Waals surface area contributed by atoms with Crippen molar-refractivity contribution in [1.29, 1.82) is 0 Å². The number of hydrogen-bond acceptors (Lipinski definition) is 5. The summed E-state index contributed by atoms with van der Waals surface area (Å²) >= 11 is 3.60. The Bertz CT molecular complexity index is 972. The highest BCUT2D eigenvalue weighted by atomic mass is 79.9. The molecule has 3 aromatic rings. The van der Waals surface area contributed by atoms with Crippen LogP contribution in [0.5, 0.6) is 5.75 Å². The highest BCUT2D eigenvalue weighted by Crippen LogP contribution is 2.28. The van der Waals surface area contributed by atoms with Gasteiger partial charge in [0.05, 0.1) is 13.2 Å². The zero-order valence-corrected chi connectivity index (χ0v) is 19.1. The molecule has 6 nitrogen and oxygen atoms in total. The van der Waals surface area contributed by atoms with Crippen molar-refractivity contribution in [2.75, 3.05) is 13.7 Å². The highest BCUT2D eigenvalue weighted by Gasteiger charge is 2.22. The Balaban J connectivity index is 1.65. The van der Waals surface area contributed by atoms with Crippen LogP contribution in [-0.2, 0) is 11.2 Å². The molecule has 0 saturated heterocycles. The van der Waals surface area contributed by atoms with Crippen molar-refractivity contribution >= 4 is 21.8 Å². The van der Waals surface area contributed by atoms with E-state index in [0.29, 0.717) is 31.1 Å². The van der Waals surface area contributed by atoms with Crippen LogP contribution < -0.4 is 4.74 Å². The molecule has 0 aliphatic carbocycles. The molecule has 1 amide bonds. The van der Waals surface area contributed by atoms with Gasteiger partial charge < -0.3 is 14.2 Å². The molecule has 1 unspecified atom stereocenters. The van der Waals surface area contributed by atoms with Crippen molar-refractivity contribution in [2.24, 2.45) is 0 Å². The minimum Gasteiger partial charge on any atom is -0.497 e. The van der Waals surface area contributed by atoms with Crippen molar-refractivity contribution in [2.45, 2.75) is 39.2 Å². The summed E-state index contributed by atoms with van der Waals surface area (Å²) in [6.45, 7) is 4.83. The van der Waals surface area contributed by atoms with Crippen molar-refractivity contribution in [3.05, 3.63) is 64.5 Å². The van der Waals surface area contributed by atoms with Crippen LogP contribution in [-0.4, -0.2) is 34.6 Å². The van der Waals surface area contributed by atoms with E-state index >= 15 is 0 Å². The maximum Gasteiger partial charge on any atom is 0.227 e. The van der Waals surface area contributed by atoms with Gasteiger partial charge in [0.15, 0.2) is 0 Å². The standard InChI is InChI=1S/C23H26BrN3O3/c1-4-15-27(16(2)19-7-5-6-8-20(19)24)22(28)14-13-21-25-23(26-30-21)17-9-11-18(29-3)12-10-17/h5-12,16H,4,13-15H2,1-3H3. The van der Waals surface area contributed by atoms with Crippen LogP contribution in [0.15, 0.2) is 57.5 Å². The maximum atomic E-state index is 13.0. The molecule has 0 aliphatic rings. The van der Waals surface area contributed by atoms with E-state index < -0.39 is 0 Å². The third kappa shape index (κ3) is 5.27. The van der Waals surface area contributed by atoms with Gasteiger partial charge in [0.1, 0.15) is 5.75 Å². The first-order chi connectivity index (χ1) is 14.5. The molecule has 0 saturated carbocycles. The third-order valence-electron chi connectivity index (χ3n) is 4.98. The second-order valence-corrected chi connectivity index (χ2v) is 7.88. The SMILES string of the molecule is CCCN(C(=O)CCc1nc(-c2ccc(OC)cc2)no1)C(C)c1ccccc1Br. The van der Waals surface area contributed by atoms with Gasteiger partial charge in [0, 0.05) is 29.4 Å². The third-order valence-corrected chi connectivity index (χ3v) is 5.70. The Morgan fingerprint density at radius 1 is 1.20 bits per heavy atom. The average molecular weight is 472 g/mol. The largest absolute Gasteiger partial charge is 0.497 e. The fourth-order valence-electron chi connectivity index (χ4n) is 3.33. The monoisotopic (exact) mass is 471 g/mol. The van der Waals surface area contributed by atoms with E-state index in [1.807, 2.05) is 53.4 Å². The first-order valence-electron chi connectivity index (χ1n) is 10.0. The number of carbonyl (C=O) groups excluding carboxylic acids is 1. The molecule has 0 fully saturated rings. The molecule has 0 N–H and O–H groups in total. The molecule has 7 heteroatoms. The number of rotatable bonds is 9. The predicted octanol–water partition coefficient (Wildman–Crippen LogP) is 5.44. The first kappa shape index (κ1) is 22.0. The smallest absolute Gasteiger partial charge is 0.227 e. The average Bonchev–Trinajstić information content (AvgIpc) is 3.25. The molecule has 0 spiro atoms. The summed E-state index contributed by atoms with van der Waals surface area (Å²) in [5.74, 6) is 1.80. The molecule has 158 valence electrons. The lowest BCUT2D eigenvalue weighted by atomic mass is 10.1. The number of aromatic nitrogens is 2. The molecule has 2 aromatic carbocycles. The van der Waals surface area contributed by atoms with Gasteiger partial charge in [-0.3, -0.25) is 4.79 Å². The fraction of sp³-hybridized carbons (Fsp3) is 0.348. The predicted molar refractivity (Wildman–Crippen MR) is 119 cm³/mol. The highest BCUT2D eigenvalue weighted by molar-refractivity contribution is 9.10. The van der Waals surface area contributed by atoms with Gasteiger partial charge in [-0.05, 0) is 49.2 Å². The summed E-state index contributed by atoms with van der Waals surface area (Å²) < 4.78 is 11.5. The molecule has 1 aromatic heterocycles. The number of amides is 1. The number of hydrogen-bond donors (Lipinski definition) is 0. The summed E-state index contributed by atoms with van der Waals surface area (Å²) in [6.07, 6.45) is 1.62. The van der Waals surface area contributed by atoms with Gasteiger partial charge in [-0.2, -0.15) is 4.98 Å². The Morgan fingerprint density at radius 3 is 2.60 bits per heavy atom.